The van der Waals surface area contributed by atoms with Gasteiger partial charge in [0.15, 0.2) is 0 Å². The molecular formula is C14H18F4N6. The lowest BCUT2D eigenvalue weighted by Gasteiger charge is -2.31. The summed E-state index contributed by atoms with van der Waals surface area (Å²) in [4.78, 5) is 12.5. The smallest absolute Gasteiger partial charge is 0.338 e. The fourth-order valence-corrected chi connectivity index (χ4v) is 2.99. The number of hydrogen-bond acceptors (Lipinski definition) is 4. The number of aryl methyl sites for hydroxylation is 1. The molecule has 1 N–H and O–H groups in total. The molecule has 24 heavy (non-hydrogen) atoms. The third-order valence-corrected chi connectivity index (χ3v) is 4.15. The minimum Gasteiger partial charge on any atom is -0.338 e. The van der Waals surface area contributed by atoms with Crippen LogP contribution >= 0.6 is 0 Å². The first-order chi connectivity index (χ1) is 11.5. The van der Waals surface area contributed by atoms with Gasteiger partial charge in [0.1, 0.15) is 30.3 Å². The Morgan fingerprint density at radius 3 is 2.83 bits per heavy atom. The minimum atomic E-state index is -4.41. The Kier molecular flexibility index (Phi) is 4.83. The van der Waals surface area contributed by atoms with Crippen LogP contribution in [0.5, 0.6) is 0 Å². The molecule has 1 aliphatic heterocycles. The van der Waals surface area contributed by atoms with E-state index in [1.54, 1.807) is 0 Å². The lowest BCUT2D eigenvalue weighted by atomic mass is 9.97. The van der Waals surface area contributed by atoms with Gasteiger partial charge >= 0.3 is 6.18 Å². The lowest BCUT2D eigenvalue weighted by Crippen LogP contribution is -2.35. The van der Waals surface area contributed by atoms with Crippen molar-refractivity contribution in [3.05, 3.63) is 29.9 Å². The van der Waals surface area contributed by atoms with Crippen LogP contribution in [-0.4, -0.2) is 49.4 Å². The minimum absolute atomic E-state index is 0.0904. The van der Waals surface area contributed by atoms with Gasteiger partial charge in [-0.3, -0.25) is 4.90 Å². The Morgan fingerprint density at radius 2 is 2.12 bits per heavy atom. The summed E-state index contributed by atoms with van der Waals surface area (Å²) >= 11 is 0. The molecule has 1 saturated heterocycles. The summed E-state index contributed by atoms with van der Waals surface area (Å²) in [6.07, 6.45) is -0.564. The van der Waals surface area contributed by atoms with Crippen molar-refractivity contribution in [1.82, 2.24) is 29.6 Å². The predicted molar refractivity (Wildman–Crippen MR) is 76.8 cm³/mol. The number of halogens is 4. The number of piperidine rings is 1. The highest BCUT2D eigenvalue weighted by atomic mass is 19.4. The molecular weight excluding hydrogens is 328 g/mol. The van der Waals surface area contributed by atoms with Crippen molar-refractivity contribution in [2.24, 2.45) is 0 Å². The van der Waals surface area contributed by atoms with Crippen LogP contribution in [0.1, 0.15) is 36.1 Å². The number of likely N-dealkylation sites (tertiary alicyclic amines) is 1. The maximum Gasteiger partial charge on any atom is 0.432 e. The van der Waals surface area contributed by atoms with Crippen molar-refractivity contribution in [1.29, 1.82) is 0 Å². The second-order valence-corrected chi connectivity index (χ2v) is 5.84. The molecule has 3 rings (SSSR count). The molecule has 0 radical (unpaired) electrons. The van der Waals surface area contributed by atoms with Crippen LogP contribution in [-0.2, 0) is 19.3 Å². The average Bonchev–Trinajstić information content (AvgIpc) is 3.18. The van der Waals surface area contributed by atoms with Crippen LogP contribution < -0.4 is 0 Å². The molecule has 0 bridgehead atoms. The number of hydrogen-bond donors (Lipinski definition) is 1. The fourth-order valence-electron chi connectivity index (χ4n) is 2.99. The summed E-state index contributed by atoms with van der Waals surface area (Å²) < 4.78 is 52.1. The van der Waals surface area contributed by atoms with E-state index in [0.29, 0.717) is 24.7 Å². The quantitative estimate of drug-likeness (QED) is 0.845. The first kappa shape index (κ1) is 16.9. The van der Waals surface area contributed by atoms with Crippen molar-refractivity contribution in [2.45, 2.75) is 38.0 Å². The molecule has 0 aliphatic carbocycles. The van der Waals surface area contributed by atoms with Gasteiger partial charge in [0, 0.05) is 12.5 Å². The zero-order valence-electron chi connectivity index (χ0n) is 12.9. The number of aromatic nitrogens is 5. The highest BCUT2D eigenvalue weighted by Crippen LogP contribution is 2.31. The Morgan fingerprint density at radius 1 is 1.29 bits per heavy atom. The summed E-state index contributed by atoms with van der Waals surface area (Å²) in [6.45, 7) is 1.51. The Bertz CT molecular complexity index is 664. The van der Waals surface area contributed by atoms with Crippen LogP contribution in [0.15, 0.2) is 12.5 Å². The van der Waals surface area contributed by atoms with E-state index in [9.17, 15) is 17.6 Å². The van der Waals surface area contributed by atoms with Gasteiger partial charge in [0.2, 0.25) is 0 Å². The highest BCUT2D eigenvalue weighted by Gasteiger charge is 2.34. The second kappa shape index (κ2) is 6.88. The van der Waals surface area contributed by atoms with E-state index < -0.39 is 18.5 Å². The van der Waals surface area contributed by atoms with E-state index in [4.69, 9.17) is 0 Å². The van der Waals surface area contributed by atoms with Gasteiger partial charge in [-0.1, -0.05) is 0 Å². The Labute approximate surface area is 135 Å². The van der Waals surface area contributed by atoms with Crippen LogP contribution in [0.4, 0.5) is 17.6 Å². The second-order valence-electron chi connectivity index (χ2n) is 5.84. The number of alkyl halides is 4. The van der Waals surface area contributed by atoms with Gasteiger partial charge in [-0.15, -0.1) is 0 Å². The molecule has 132 valence electrons. The largest absolute Gasteiger partial charge is 0.432 e. The topological polar surface area (TPSA) is 62.6 Å². The summed E-state index contributed by atoms with van der Waals surface area (Å²) in [7, 11) is 0. The molecule has 2 aromatic heterocycles. The van der Waals surface area contributed by atoms with Gasteiger partial charge in [0.05, 0.1) is 19.3 Å². The summed E-state index contributed by atoms with van der Waals surface area (Å²) in [5.74, 6) is 0.924. The lowest BCUT2D eigenvalue weighted by molar-refractivity contribution is -0.141. The van der Waals surface area contributed by atoms with Crippen molar-refractivity contribution >= 4 is 0 Å². The van der Waals surface area contributed by atoms with E-state index in [2.05, 4.69) is 25.0 Å². The van der Waals surface area contributed by atoms with Gasteiger partial charge in [-0.05, 0) is 19.4 Å². The van der Waals surface area contributed by atoms with Crippen molar-refractivity contribution in [2.75, 3.05) is 19.8 Å². The number of aromatic amines is 1. The summed E-state index contributed by atoms with van der Waals surface area (Å²) in [5.41, 5.74) is -0.822. The maximum atomic E-state index is 12.7. The zero-order chi connectivity index (χ0) is 17.2. The maximum absolute atomic E-state index is 12.7. The van der Waals surface area contributed by atoms with E-state index in [1.165, 1.54) is 11.0 Å². The molecule has 2 aromatic rings. The van der Waals surface area contributed by atoms with Crippen LogP contribution in [0.2, 0.25) is 0 Å². The molecule has 0 unspecified atom stereocenters. The number of H-pyrrole nitrogens is 1. The molecule has 0 saturated carbocycles. The molecule has 3 heterocycles. The number of nitrogens with zero attached hydrogens (tertiary/aromatic N) is 5. The van der Waals surface area contributed by atoms with Gasteiger partial charge in [-0.2, -0.15) is 18.3 Å². The van der Waals surface area contributed by atoms with E-state index >= 15 is 0 Å². The molecule has 0 amide bonds. The third kappa shape index (κ3) is 3.74. The standard InChI is InChI=1S/C14H18F4N6/c15-3-5-24-12(20-9-21-24)8-23-4-1-2-10(7-23)13-19-6-11(22-13)14(16,17)18/h6,9-10H,1-5,7-8H2,(H,19,22)/t10-/m1/s1. The first-order valence-electron chi connectivity index (χ1n) is 7.74. The molecule has 10 heteroatoms. The molecule has 0 spiro atoms. The first-order valence-corrected chi connectivity index (χ1v) is 7.74. The normalized spacial score (nSPS) is 19.8. The highest BCUT2D eigenvalue weighted by molar-refractivity contribution is 5.09. The van der Waals surface area contributed by atoms with E-state index in [1.807, 2.05) is 0 Å². The number of nitrogens with one attached hydrogen (secondary N) is 1. The van der Waals surface area contributed by atoms with Gasteiger partial charge in [0.25, 0.3) is 0 Å². The fraction of sp³-hybridized carbons (Fsp3) is 0.643. The number of rotatable bonds is 5. The molecule has 1 fully saturated rings. The number of imidazole rings is 1. The average molecular weight is 346 g/mol. The summed E-state index contributed by atoms with van der Waals surface area (Å²) in [5, 5.41) is 3.97. The van der Waals surface area contributed by atoms with Crippen LogP contribution in [0.25, 0.3) is 0 Å². The van der Waals surface area contributed by atoms with Crippen molar-refractivity contribution in [3.8, 4) is 0 Å². The molecule has 0 aromatic carbocycles. The predicted octanol–water partition coefficient (Wildman–Crippen LogP) is 2.37. The van der Waals surface area contributed by atoms with Crippen molar-refractivity contribution in [3.63, 3.8) is 0 Å². The molecule has 1 atom stereocenters. The zero-order valence-corrected chi connectivity index (χ0v) is 12.9. The Balaban J connectivity index is 1.66. The molecule has 6 nitrogen and oxygen atoms in total. The van der Waals surface area contributed by atoms with Crippen LogP contribution in [0.3, 0.4) is 0 Å². The van der Waals surface area contributed by atoms with Crippen LogP contribution in [0, 0.1) is 0 Å². The van der Waals surface area contributed by atoms with Crippen molar-refractivity contribution < 1.29 is 17.6 Å². The Hall–Kier alpha value is -1.97. The van der Waals surface area contributed by atoms with Gasteiger partial charge < -0.3 is 4.98 Å². The van der Waals surface area contributed by atoms with E-state index in [0.717, 1.165) is 25.6 Å². The summed E-state index contributed by atoms with van der Waals surface area (Å²) in [6, 6.07) is 0. The third-order valence-electron chi connectivity index (χ3n) is 4.15. The SMILES string of the molecule is FCCn1ncnc1CN1CCC[C@@H](c2ncc(C(F)(F)F)[nH]2)C1. The van der Waals surface area contributed by atoms with E-state index in [-0.39, 0.29) is 12.5 Å². The van der Waals surface area contributed by atoms with Gasteiger partial charge in [-0.25, -0.2) is 19.0 Å². The monoisotopic (exact) mass is 346 g/mol. The molecule has 1 aliphatic rings.